The molecule has 0 aromatic heterocycles. The molecule has 0 aliphatic heterocycles. The van der Waals surface area contributed by atoms with Crippen molar-refractivity contribution in [3.05, 3.63) is 42.0 Å². The summed E-state index contributed by atoms with van der Waals surface area (Å²) < 4.78 is 0. The monoisotopic (exact) mass is 312 g/mol. The topological polar surface area (TPSA) is 58.2 Å². The Hall–Kier alpha value is -2.10. The Kier molecular flexibility index (Phi) is 4.79. The van der Waals surface area contributed by atoms with E-state index in [1.54, 1.807) is 0 Å². The van der Waals surface area contributed by atoms with Gasteiger partial charge in [-0.15, -0.1) is 0 Å². The van der Waals surface area contributed by atoms with Crippen LogP contribution in [0, 0.1) is 5.41 Å². The zero-order chi connectivity index (χ0) is 16.1. The molecule has 3 rings (SSSR count). The summed E-state index contributed by atoms with van der Waals surface area (Å²) in [5, 5.41) is 5.81. The fraction of sp³-hybridized carbons (Fsp3) is 0.474. The molecule has 1 aromatic rings. The number of benzene rings is 1. The van der Waals surface area contributed by atoms with Gasteiger partial charge in [-0.1, -0.05) is 29.8 Å². The van der Waals surface area contributed by atoms with Gasteiger partial charge < -0.3 is 10.6 Å². The number of anilines is 1. The summed E-state index contributed by atoms with van der Waals surface area (Å²) in [4.78, 5) is 24.8. The molecular weight excluding hydrogens is 288 g/mol. The SMILES string of the molecule is O=C(NCCC1=CCCCC1)C1(C(=O)Nc2ccccc2)CC1. The third-order valence-electron chi connectivity index (χ3n) is 4.77. The number of hydrogen-bond donors (Lipinski definition) is 2. The quantitative estimate of drug-likeness (QED) is 0.624. The lowest BCUT2D eigenvalue weighted by Gasteiger charge is -2.17. The van der Waals surface area contributed by atoms with Crippen molar-refractivity contribution >= 4 is 17.5 Å². The van der Waals surface area contributed by atoms with Crippen LogP contribution in [0.2, 0.25) is 0 Å². The highest BCUT2D eigenvalue weighted by molar-refractivity contribution is 6.13. The van der Waals surface area contributed by atoms with E-state index in [1.807, 2.05) is 30.3 Å². The van der Waals surface area contributed by atoms with Gasteiger partial charge in [0.05, 0.1) is 0 Å². The highest BCUT2D eigenvalue weighted by Gasteiger charge is 2.56. The summed E-state index contributed by atoms with van der Waals surface area (Å²) in [5.41, 5.74) is 1.33. The maximum absolute atomic E-state index is 12.4. The van der Waals surface area contributed by atoms with Gasteiger partial charge >= 0.3 is 0 Å². The van der Waals surface area contributed by atoms with Gasteiger partial charge in [-0.3, -0.25) is 9.59 Å². The first-order valence-electron chi connectivity index (χ1n) is 8.53. The highest BCUT2D eigenvalue weighted by Crippen LogP contribution is 2.46. The number of para-hydroxylation sites is 1. The van der Waals surface area contributed by atoms with Crippen molar-refractivity contribution < 1.29 is 9.59 Å². The molecule has 122 valence electrons. The van der Waals surface area contributed by atoms with Crippen molar-refractivity contribution in [3.8, 4) is 0 Å². The highest BCUT2D eigenvalue weighted by atomic mass is 16.2. The smallest absolute Gasteiger partial charge is 0.240 e. The van der Waals surface area contributed by atoms with Gasteiger partial charge in [0.15, 0.2) is 0 Å². The molecule has 2 amide bonds. The Labute approximate surface area is 137 Å². The number of amides is 2. The van der Waals surface area contributed by atoms with Crippen molar-refractivity contribution in [2.45, 2.75) is 44.9 Å². The lowest BCUT2D eigenvalue weighted by atomic mass is 9.97. The van der Waals surface area contributed by atoms with Gasteiger partial charge in [0.25, 0.3) is 0 Å². The van der Waals surface area contributed by atoms with Crippen molar-refractivity contribution in [3.63, 3.8) is 0 Å². The Morgan fingerprint density at radius 2 is 1.83 bits per heavy atom. The fourth-order valence-corrected chi connectivity index (χ4v) is 3.09. The second kappa shape index (κ2) is 6.99. The normalized spacial score (nSPS) is 18.7. The van der Waals surface area contributed by atoms with Crippen molar-refractivity contribution in [2.75, 3.05) is 11.9 Å². The molecule has 4 nitrogen and oxygen atoms in total. The van der Waals surface area contributed by atoms with Crippen LogP contribution in [-0.2, 0) is 9.59 Å². The molecule has 1 aromatic carbocycles. The second-order valence-corrected chi connectivity index (χ2v) is 6.52. The van der Waals surface area contributed by atoms with Gasteiger partial charge in [0.2, 0.25) is 11.8 Å². The van der Waals surface area contributed by atoms with Crippen LogP contribution in [0.1, 0.15) is 44.9 Å². The first-order valence-corrected chi connectivity index (χ1v) is 8.53. The van der Waals surface area contributed by atoms with Crippen LogP contribution in [0.4, 0.5) is 5.69 Å². The van der Waals surface area contributed by atoms with Crippen molar-refractivity contribution in [1.82, 2.24) is 5.32 Å². The molecule has 4 heteroatoms. The van der Waals surface area contributed by atoms with E-state index in [9.17, 15) is 9.59 Å². The van der Waals surface area contributed by atoms with Crippen LogP contribution in [-0.4, -0.2) is 18.4 Å². The average molecular weight is 312 g/mol. The number of hydrogen-bond acceptors (Lipinski definition) is 2. The van der Waals surface area contributed by atoms with Gasteiger partial charge in [-0.25, -0.2) is 0 Å². The van der Waals surface area contributed by atoms with Crippen LogP contribution in [0.15, 0.2) is 42.0 Å². The minimum absolute atomic E-state index is 0.123. The molecule has 0 unspecified atom stereocenters. The van der Waals surface area contributed by atoms with Crippen LogP contribution in [0.25, 0.3) is 0 Å². The standard InChI is InChI=1S/C19H24N2O2/c22-17(20-14-11-15-7-3-1-4-8-15)19(12-13-19)18(23)21-16-9-5-2-6-10-16/h2,5-7,9-10H,1,3-4,8,11-14H2,(H,20,22)(H,21,23). The first-order chi connectivity index (χ1) is 11.2. The summed E-state index contributed by atoms with van der Waals surface area (Å²) in [6.07, 6.45) is 9.32. The van der Waals surface area contributed by atoms with Gasteiger partial charge in [0.1, 0.15) is 5.41 Å². The predicted molar refractivity (Wildman–Crippen MR) is 90.9 cm³/mol. The zero-order valence-corrected chi connectivity index (χ0v) is 13.4. The fourth-order valence-electron chi connectivity index (χ4n) is 3.09. The summed E-state index contributed by atoms with van der Waals surface area (Å²) in [7, 11) is 0. The second-order valence-electron chi connectivity index (χ2n) is 6.52. The molecule has 2 aliphatic rings. The third-order valence-corrected chi connectivity index (χ3v) is 4.77. The maximum atomic E-state index is 12.4. The maximum Gasteiger partial charge on any atom is 0.240 e. The van der Waals surface area contributed by atoms with E-state index in [-0.39, 0.29) is 11.8 Å². The number of nitrogens with one attached hydrogen (secondary N) is 2. The van der Waals surface area contributed by atoms with Gasteiger partial charge in [-0.2, -0.15) is 0 Å². The molecule has 23 heavy (non-hydrogen) atoms. The van der Waals surface area contributed by atoms with E-state index in [0.717, 1.165) is 24.9 Å². The van der Waals surface area contributed by atoms with E-state index in [1.165, 1.54) is 18.4 Å². The van der Waals surface area contributed by atoms with E-state index in [2.05, 4.69) is 16.7 Å². The molecule has 0 radical (unpaired) electrons. The molecule has 1 fully saturated rings. The van der Waals surface area contributed by atoms with Crippen molar-refractivity contribution in [2.24, 2.45) is 5.41 Å². The number of allylic oxidation sites excluding steroid dienone is 1. The number of rotatable bonds is 6. The first kappa shape index (κ1) is 15.8. The molecule has 2 N–H and O–H groups in total. The molecule has 2 aliphatic carbocycles. The number of carbonyl (C=O) groups is 2. The molecular formula is C19H24N2O2. The molecule has 0 bridgehead atoms. The number of carbonyl (C=O) groups excluding carboxylic acids is 2. The summed E-state index contributed by atoms with van der Waals surface area (Å²) in [5.74, 6) is -0.305. The van der Waals surface area contributed by atoms with E-state index in [4.69, 9.17) is 0 Å². The third kappa shape index (κ3) is 3.81. The minimum Gasteiger partial charge on any atom is -0.355 e. The Morgan fingerprint density at radius 3 is 2.48 bits per heavy atom. The molecule has 0 spiro atoms. The predicted octanol–water partition coefficient (Wildman–Crippen LogP) is 3.41. The van der Waals surface area contributed by atoms with Crippen LogP contribution < -0.4 is 10.6 Å². The van der Waals surface area contributed by atoms with Gasteiger partial charge in [-0.05, 0) is 57.1 Å². The Morgan fingerprint density at radius 1 is 1.04 bits per heavy atom. The van der Waals surface area contributed by atoms with Gasteiger partial charge in [0, 0.05) is 12.2 Å². The Balaban J connectivity index is 1.50. The summed E-state index contributed by atoms with van der Waals surface area (Å²) >= 11 is 0. The largest absolute Gasteiger partial charge is 0.355 e. The van der Waals surface area contributed by atoms with E-state index in [0.29, 0.717) is 19.4 Å². The van der Waals surface area contributed by atoms with Crippen molar-refractivity contribution in [1.29, 1.82) is 0 Å². The zero-order valence-electron chi connectivity index (χ0n) is 13.4. The average Bonchev–Trinajstić information content (AvgIpc) is 3.39. The van der Waals surface area contributed by atoms with Crippen LogP contribution in [0.3, 0.4) is 0 Å². The summed E-state index contributed by atoms with van der Waals surface area (Å²) in [6, 6.07) is 9.30. The molecule has 0 saturated heterocycles. The van der Waals surface area contributed by atoms with Crippen LogP contribution >= 0.6 is 0 Å². The summed E-state index contributed by atoms with van der Waals surface area (Å²) in [6.45, 7) is 0.630. The van der Waals surface area contributed by atoms with E-state index >= 15 is 0 Å². The minimum atomic E-state index is -0.850. The molecule has 0 heterocycles. The lowest BCUT2D eigenvalue weighted by Crippen LogP contribution is -2.40. The lowest BCUT2D eigenvalue weighted by molar-refractivity contribution is -0.134. The van der Waals surface area contributed by atoms with E-state index < -0.39 is 5.41 Å². The van der Waals surface area contributed by atoms with Crippen LogP contribution in [0.5, 0.6) is 0 Å². The molecule has 0 atom stereocenters. The Bertz CT molecular complexity index is 603. The molecule has 1 saturated carbocycles.